The Bertz CT molecular complexity index is 832. The minimum absolute atomic E-state index is 0.0758. The molecular weight excluding hydrogens is 405 g/mol. The number of nitrogens with one attached hydrogen (secondary N) is 1. The third kappa shape index (κ3) is 4.21. The number of hydrogen-bond donors (Lipinski definition) is 6. The number of H-pyrrole nitrogens is 1. The van der Waals surface area contributed by atoms with Crippen LogP contribution in [0, 0.1) is 6.92 Å². The standard InChI is InChI=1S/C18H30FN3O8/c1-3-4-5-6-7-8-13(19)22(29)17(27)14(24)12(10-23)30-18(17,28)21-9-11(2)15(25)20-16(21)26/h9,12-14,23-24,27-29H,3-8,10H2,1-2H3,(H,20,25,26)/t12-,13?,14-,17-,18+/m1/s1. The molecule has 0 spiro atoms. The van der Waals surface area contributed by atoms with E-state index in [-0.39, 0.29) is 17.0 Å². The molecule has 0 bridgehead atoms. The lowest BCUT2D eigenvalue weighted by atomic mass is 10.00. The second kappa shape index (κ2) is 9.64. The van der Waals surface area contributed by atoms with Gasteiger partial charge in [0, 0.05) is 11.8 Å². The van der Waals surface area contributed by atoms with Crippen LogP contribution in [-0.2, 0) is 10.6 Å². The highest BCUT2D eigenvalue weighted by atomic mass is 19.1. The molecule has 0 aromatic carbocycles. The third-order valence-corrected chi connectivity index (χ3v) is 5.35. The molecule has 6 N–H and O–H groups in total. The van der Waals surface area contributed by atoms with Crippen molar-refractivity contribution in [1.29, 1.82) is 0 Å². The lowest BCUT2D eigenvalue weighted by Crippen LogP contribution is -2.69. The molecule has 1 aliphatic heterocycles. The van der Waals surface area contributed by atoms with Crippen LogP contribution in [0.1, 0.15) is 51.0 Å². The van der Waals surface area contributed by atoms with Crippen molar-refractivity contribution in [2.24, 2.45) is 0 Å². The van der Waals surface area contributed by atoms with Crippen LogP contribution in [-0.4, -0.2) is 71.1 Å². The highest BCUT2D eigenvalue weighted by Crippen LogP contribution is 2.44. The van der Waals surface area contributed by atoms with Gasteiger partial charge in [0.05, 0.1) is 6.61 Å². The van der Waals surface area contributed by atoms with Gasteiger partial charge in [-0.05, 0) is 19.8 Å². The molecule has 172 valence electrons. The molecule has 2 rings (SSSR count). The molecular formula is C18H30FN3O8. The molecule has 30 heavy (non-hydrogen) atoms. The molecule has 0 saturated carbocycles. The summed E-state index contributed by atoms with van der Waals surface area (Å²) < 4.78 is 20.2. The van der Waals surface area contributed by atoms with Gasteiger partial charge in [0.15, 0.2) is 6.30 Å². The van der Waals surface area contributed by atoms with Gasteiger partial charge in [-0.1, -0.05) is 32.6 Å². The van der Waals surface area contributed by atoms with E-state index in [4.69, 9.17) is 4.74 Å². The fraction of sp³-hybridized carbons (Fsp3) is 0.778. The van der Waals surface area contributed by atoms with Crippen molar-refractivity contribution in [3.8, 4) is 0 Å². The van der Waals surface area contributed by atoms with Crippen molar-refractivity contribution in [2.45, 2.75) is 82.5 Å². The van der Waals surface area contributed by atoms with Crippen LogP contribution in [0.2, 0.25) is 0 Å². The van der Waals surface area contributed by atoms with Crippen molar-refractivity contribution in [3.05, 3.63) is 32.6 Å². The number of alkyl halides is 1. The summed E-state index contributed by atoms with van der Waals surface area (Å²) in [6.07, 6.45) is -1.72. The Balaban J connectivity index is 2.41. The van der Waals surface area contributed by atoms with E-state index < -0.39 is 48.0 Å². The van der Waals surface area contributed by atoms with Crippen LogP contribution < -0.4 is 11.2 Å². The van der Waals surface area contributed by atoms with Gasteiger partial charge < -0.3 is 30.4 Å². The zero-order valence-electron chi connectivity index (χ0n) is 17.0. The molecule has 12 heteroatoms. The Morgan fingerprint density at radius 2 is 1.93 bits per heavy atom. The molecule has 1 unspecified atom stereocenters. The fourth-order valence-electron chi connectivity index (χ4n) is 3.51. The van der Waals surface area contributed by atoms with Gasteiger partial charge in [-0.15, -0.1) is 5.06 Å². The summed E-state index contributed by atoms with van der Waals surface area (Å²) >= 11 is 0. The zero-order chi connectivity index (χ0) is 22.7. The molecule has 2 heterocycles. The van der Waals surface area contributed by atoms with E-state index in [0.29, 0.717) is 17.4 Å². The van der Waals surface area contributed by atoms with Gasteiger partial charge in [0.1, 0.15) is 12.2 Å². The average Bonchev–Trinajstić information content (AvgIpc) is 2.91. The molecule has 1 fully saturated rings. The lowest BCUT2D eigenvalue weighted by molar-refractivity contribution is -0.428. The summed E-state index contributed by atoms with van der Waals surface area (Å²) in [4.78, 5) is 25.8. The van der Waals surface area contributed by atoms with E-state index in [1.165, 1.54) is 6.92 Å². The number of hydroxylamine groups is 2. The maximum absolute atomic E-state index is 14.7. The normalized spacial score (nSPS) is 30.2. The Hall–Kier alpha value is -1.67. The van der Waals surface area contributed by atoms with Gasteiger partial charge in [-0.2, -0.15) is 0 Å². The Morgan fingerprint density at radius 1 is 1.30 bits per heavy atom. The zero-order valence-corrected chi connectivity index (χ0v) is 17.0. The molecule has 0 aliphatic carbocycles. The predicted molar refractivity (Wildman–Crippen MR) is 101 cm³/mol. The largest absolute Gasteiger partial charge is 0.394 e. The first-order valence-electron chi connectivity index (χ1n) is 9.91. The molecule has 11 nitrogen and oxygen atoms in total. The number of ether oxygens (including phenoxy) is 1. The van der Waals surface area contributed by atoms with Crippen LogP contribution >= 0.6 is 0 Å². The number of aliphatic hydroxyl groups excluding tert-OH is 2. The van der Waals surface area contributed by atoms with Crippen molar-refractivity contribution in [2.75, 3.05) is 6.61 Å². The number of aromatic nitrogens is 2. The minimum Gasteiger partial charge on any atom is -0.394 e. The van der Waals surface area contributed by atoms with Crippen LogP contribution in [0.4, 0.5) is 4.39 Å². The van der Waals surface area contributed by atoms with Crippen LogP contribution in [0.5, 0.6) is 0 Å². The van der Waals surface area contributed by atoms with Crippen LogP contribution in [0.3, 0.4) is 0 Å². The van der Waals surface area contributed by atoms with E-state index in [0.717, 1.165) is 25.5 Å². The Morgan fingerprint density at radius 3 is 2.53 bits per heavy atom. The summed E-state index contributed by atoms with van der Waals surface area (Å²) in [5.41, 5.74) is -5.39. The van der Waals surface area contributed by atoms with E-state index in [1.54, 1.807) is 0 Å². The Kier molecular flexibility index (Phi) is 7.91. The number of nitrogens with zero attached hydrogens (tertiary/aromatic N) is 2. The fourth-order valence-corrected chi connectivity index (χ4v) is 3.51. The Labute approximate surface area is 171 Å². The van der Waals surface area contributed by atoms with Gasteiger partial charge in [-0.25, -0.2) is 13.8 Å². The average molecular weight is 435 g/mol. The van der Waals surface area contributed by atoms with E-state index >= 15 is 0 Å². The summed E-state index contributed by atoms with van der Waals surface area (Å²) in [6.45, 7) is 2.38. The number of aryl methyl sites for hydroxylation is 1. The second-order valence-corrected chi connectivity index (χ2v) is 7.54. The van der Waals surface area contributed by atoms with Crippen molar-refractivity contribution in [1.82, 2.24) is 14.6 Å². The van der Waals surface area contributed by atoms with Gasteiger partial charge in [0.25, 0.3) is 5.56 Å². The summed E-state index contributed by atoms with van der Waals surface area (Å²) in [5, 5.41) is 52.0. The van der Waals surface area contributed by atoms with Crippen LogP contribution in [0.15, 0.2) is 15.8 Å². The molecule has 1 aromatic rings. The van der Waals surface area contributed by atoms with Crippen molar-refractivity contribution < 1.29 is 34.8 Å². The topological polar surface area (TPSA) is 168 Å². The van der Waals surface area contributed by atoms with Gasteiger partial charge in [-0.3, -0.25) is 9.78 Å². The molecule has 1 aliphatic rings. The number of hydrogen-bond acceptors (Lipinski definition) is 9. The van der Waals surface area contributed by atoms with Gasteiger partial charge in [0.2, 0.25) is 5.72 Å². The smallest absolute Gasteiger partial charge is 0.332 e. The number of aromatic amines is 1. The van der Waals surface area contributed by atoms with Gasteiger partial charge >= 0.3 is 11.6 Å². The van der Waals surface area contributed by atoms with Crippen molar-refractivity contribution in [3.63, 3.8) is 0 Å². The van der Waals surface area contributed by atoms with E-state index in [9.17, 15) is 39.6 Å². The highest BCUT2D eigenvalue weighted by molar-refractivity contribution is 5.09. The number of unbranched alkanes of at least 4 members (excludes halogenated alkanes) is 4. The molecule has 0 amide bonds. The number of halogens is 1. The molecule has 1 saturated heterocycles. The quantitative estimate of drug-likeness (QED) is 0.120. The summed E-state index contributed by atoms with van der Waals surface area (Å²) in [7, 11) is 0. The molecule has 1 aromatic heterocycles. The van der Waals surface area contributed by atoms with Crippen LogP contribution in [0.25, 0.3) is 0 Å². The first-order valence-corrected chi connectivity index (χ1v) is 9.91. The number of rotatable bonds is 10. The number of aliphatic hydroxyl groups is 4. The maximum atomic E-state index is 14.7. The third-order valence-electron chi connectivity index (χ3n) is 5.35. The van der Waals surface area contributed by atoms with Crippen molar-refractivity contribution >= 4 is 0 Å². The highest BCUT2D eigenvalue weighted by Gasteiger charge is 2.71. The summed E-state index contributed by atoms with van der Waals surface area (Å²) in [6, 6.07) is 0. The first-order chi connectivity index (χ1) is 14.0. The first kappa shape index (κ1) is 24.6. The molecule has 0 radical (unpaired) electrons. The van der Waals surface area contributed by atoms with E-state index in [1.807, 2.05) is 11.9 Å². The maximum Gasteiger partial charge on any atom is 0.332 e. The minimum atomic E-state index is -3.28. The SMILES string of the molecule is CCCCCCCC(F)N(O)[C@@]1(O)[C@H](O)[C@@H](CO)O[C@]1(O)n1cc(C)c(=O)[nH]c1=O. The lowest BCUT2D eigenvalue weighted by Gasteiger charge is -2.43. The second-order valence-electron chi connectivity index (χ2n) is 7.54. The molecule has 5 atom stereocenters. The predicted octanol–water partition coefficient (Wildman–Crippen LogP) is -0.764. The summed E-state index contributed by atoms with van der Waals surface area (Å²) in [5.74, 6) is -3.23. The monoisotopic (exact) mass is 435 g/mol. The van der Waals surface area contributed by atoms with E-state index in [2.05, 4.69) is 0 Å².